The smallest absolute Gasteiger partial charge is 0.402 e. The van der Waals surface area contributed by atoms with Crippen LogP contribution in [0.25, 0.3) is 0 Å². The summed E-state index contributed by atoms with van der Waals surface area (Å²) in [4.78, 5) is 0. The summed E-state index contributed by atoms with van der Waals surface area (Å²) in [5.74, 6) is 0.571. The first-order valence-corrected chi connectivity index (χ1v) is 6.68. The molecule has 1 heterocycles. The molecule has 11 heteroatoms. The number of ether oxygens (including phenoxy) is 2. The van der Waals surface area contributed by atoms with Crippen molar-refractivity contribution in [3.8, 4) is 11.5 Å². The number of benzene rings is 1. The number of hydrogen-bond acceptors (Lipinski definition) is 5. The molecule has 112 valence electrons. The van der Waals surface area contributed by atoms with Gasteiger partial charge in [-0.2, -0.15) is 26.3 Å². The van der Waals surface area contributed by atoms with Gasteiger partial charge in [-0.05, 0) is 0 Å². The van der Waals surface area contributed by atoms with E-state index in [1.165, 1.54) is 16.9 Å². The number of nitrogens with two attached hydrogens (primary N) is 1. The summed E-state index contributed by atoms with van der Waals surface area (Å²) < 4.78 is 72.1. The van der Waals surface area contributed by atoms with E-state index in [0.29, 0.717) is 5.75 Å². The molecule has 0 spiro atoms. The van der Waals surface area contributed by atoms with Crippen molar-refractivity contribution >= 4 is 21.6 Å². The van der Waals surface area contributed by atoms with Crippen LogP contribution >= 0.6 is 0 Å². The third-order valence-corrected chi connectivity index (χ3v) is 3.26. The van der Waals surface area contributed by atoms with Crippen LogP contribution in [0.3, 0.4) is 0 Å². The van der Waals surface area contributed by atoms with Crippen LogP contribution in [0.2, 0.25) is 0 Å². The van der Waals surface area contributed by atoms with Gasteiger partial charge in [-0.15, -0.1) is 0 Å². The van der Waals surface area contributed by atoms with Crippen molar-refractivity contribution < 1.29 is 31.1 Å². The SMILES string of the molecule is Nc1cc2c(cc1NS(=O)(=O)NCC(F)(F)F)OCO2. The highest BCUT2D eigenvalue weighted by Crippen LogP contribution is 2.38. The fourth-order valence-electron chi connectivity index (χ4n) is 1.40. The maximum Gasteiger partial charge on any atom is 0.402 e. The highest BCUT2D eigenvalue weighted by Gasteiger charge is 2.29. The molecule has 0 fully saturated rings. The topological polar surface area (TPSA) is 103 Å². The molecule has 0 atom stereocenters. The van der Waals surface area contributed by atoms with E-state index in [4.69, 9.17) is 15.2 Å². The van der Waals surface area contributed by atoms with E-state index >= 15 is 0 Å². The molecule has 1 aliphatic rings. The van der Waals surface area contributed by atoms with Crippen LogP contribution in [0.5, 0.6) is 11.5 Å². The van der Waals surface area contributed by atoms with Crippen LogP contribution in [0, 0.1) is 0 Å². The Labute approximate surface area is 112 Å². The number of fused-ring (bicyclic) bond motifs is 1. The van der Waals surface area contributed by atoms with Gasteiger partial charge in [-0.25, -0.2) is 0 Å². The predicted octanol–water partition coefficient (Wildman–Crippen LogP) is 0.806. The zero-order chi connectivity index (χ0) is 15.0. The summed E-state index contributed by atoms with van der Waals surface area (Å²) in [7, 11) is -4.40. The summed E-state index contributed by atoms with van der Waals surface area (Å²) >= 11 is 0. The summed E-state index contributed by atoms with van der Waals surface area (Å²) in [6.45, 7) is -1.73. The Bertz CT molecular complexity index is 618. The van der Waals surface area contributed by atoms with Crippen LogP contribution in [0.15, 0.2) is 12.1 Å². The van der Waals surface area contributed by atoms with Crippen molar-refractivity contribution in [3.05, 3.63) is 12.1 Å². The van der Waals surface area contributed by atoms with Crippen LogP contribution in [-0.2, 0) is 10.2 Å². The maximum atomic E-state index is 12.0. The standard InChI is InChI=1S/C9H10F3N3O4S/c10-9(11,12)3-14-20(16,17)15-6-2-8-7(1-5(6)13)18-4-19-8/h1-2,14-15H,3-4,13H2. The molecule has 1 aromatic carbocycles. The van der Waals surface area contributed by atoms with Crippen molar-refractivity contribution in [1.29, 1.82) is 0 Å². The van der Waals surface area contributed by atoms with Gasteiger partial charge in [0.15, 0.2) is 11.5 Å². The molecule has 0 saturated carbocycles. The lowest BCUT2D eigenvalue weighted by atomic mass is 10.2. The van der Waals surface area contributed by atoms with Gasteiger partial charge in [0.1, 0.15) is 6.54 Å². The number of alkyl halides is 3. The lowest BCUT2D eigenvalue weighted by Gasteiger charge is -2.13. The van der Waals surface area contributed by atoms with Crippen LogP contribution in [0.1, 0.15) is 0 Å². The van der Waals surface area contributed by atoms with E-state index < -0.39 is 22.9 Å². The van der Waals surface area contributed by atoms with E-state index in [1.807, 2.05) is 4.72 Å². The van der Waals surface area contributed by atoms with E-state index in [-0.39, 0.29) is 23.9 Å². The summed E-state index contributed by atoms with van der Waals surface area (Å²) in [5.41, 5.74) is 5.46. The molecule has 1 aromatic rings. The molecular weight excluding hydrogens is 303 g/mol. The lowest BCUT2D eigenvalue weighted by Crippen LogP contribution is -2.37. The zero-order valence-electron chi connectivity index (χ0n) is 9.82. The van der Waals surface area contributed by atoms with Crippen molar-refractivity contribution in [3.63, 3.8) is 0 Å². The molecule has 20 heavy (non-hydrogen) atoms. The van der Waals surface area contributed by atoms with Crippen molar-refractivity contribution in [2.24, 2.45) is 0 Å². The van der Waals surface area contributed by atoms with Gasteiger partial charge in [0, 0.05) is 12.1 Å². The van der Waals surface area contributed by atoms with Crippen molar-refractivity contribution in [1.82, 2.24) is 4.72 Å². The minimum Gasteiger partial charge on any atom is -0.454 e. The Kier molecular flexibility index (Phi) is 3.56. The summed E-state index contributed by atoms with van der Waals surface area (Å²) in [6, 6.07) is 2.54. The maximum absolute atomic E-state index is 12.0. The van der Waals surface area contributed by atoms with Gasteiger partial charge in [0.05, 0.1) is 11.4 Å². The fraction of sp³-hybridized carbons (Fsp3) is 0.333. The van der Waals surface area contributed by atoms with Gasteiger partial charge in [-0.1, -0.05) is 0 Å². The Balaban J connectivity index is 2.13. The predicted molar refractivity (Wildman–Crippen MR) is 63.6 cm³/mol. The molecule has 0 radical (unpaired) electrons. The van der Waals surface area contributed by atoms with E-state index in [0.717, 1.165) is 0 Å². The minimum absolute atomic E-state index is 0.00775. The van der Waals surface area contributed by atoms with Crippen LogP contribution < -0.4 is 24.7 Å². The number of nitrogens with one attached hydrogen (secondary N) is 2. The second-order valence-corrected chi connectivity index (χ2v) is 5.33. The van der Waals surface area contributed by atoms with E-state index in [2.05, 4.69) is 0 Å². The molecule has 0 bridgehead atoms. The number of nitrogen functional groups attached to an aromatic ring is 1. The molecule has 0 unspecified atom stereocenters. The first-order chi connectivity index (χ1) is 9.16. The average molecular weight is 313 g/mol. The normalized spacial score (nSPS) is 14.3. The zero-order valence-corrected chi connectivity index (χ0v) is 10.6. The van der Waals surface area contributed by atoms with Crippen molar-refractivity contribution in [2.75, 3.05) is 23.8 Å². The van der Waals surface area contributed by atoms with Crippen molar-refractivity contribution in [2.45, 2.75) is 6.18 Å². The molecule has 7 nitrogen and oxygen atoms in total. The third-order valence-electron chi connectivity index (χ3n) is 2.25. The third kappa shape index (κ3) is 3.57. The largest absolute Gasteiger partial charge is 0.454 e. The minimum atomic E-state index is -4.66. The van der Waals surface area contributed by atoms with Gasteiger partial charge in [-0.3, -0.25) is 4.72 Å². The Morgan fingerprint density at radius 1 is 1.25 bits per heavy atom. The van der Waals surface area contributed by atoms with Gasteiger partial charge >= 0.3 is 6.18 Å². The van der Waals surface area contributed by atoms with E-state index in [1.54, 1.807) is 0 Å². The molecule has 2 rings (SSSR count). The Morgan fingerprint density at radius 2 is 1.85 bits per heavy atom. The molecule has 0 saturated heterocycles. The molecule has 0 amide bonds. The Hall–Kier alpha value is -1.88. The average Bonchev–Trinajstić information content (AvgIpc) is 2.73. The number of rotatable bonds is 4. The Morgan fingerprint density at radius 3 is 2.45 bits per heavy atom. The highest BCUT2D eigenvalue weighted by molar-refractivity contribution is 7.90. The highest BCUT2D eigenvalue weighted by atomic mass is 32.2. The van der Waals surface area contributed by atoms with Gasteiger partial charge in [0.25, 0.3) is 10.2 Å². The number of halogens is 3. The second-order valence-electron chi connectivity index (χ2n) is 3.83. The number of hydrogen-bond donors (Lipinski definition) is 3. The first-order valence-electron chi connectivity index (χ1n) is 5.19. The molecule has 0 aliphatic carbocycles. The fourth-order valence-corrected chi connectivity index (χ4v) is 2.30. The monoisotopic (exact) mass is 313 g/mol. The quantitative estimate of drug-likeness (QED) is 0.714. The molecular formula is C9H10F3N3O4S. The summed E-state index contributed by atoms with van der Waals surface area (Å²) in [6.07, 6.45) is -4.66. The molecule has 1 aliphatic heterocycles. The van der Waals surface area contributed by atoms with Gasteiger partial charge in [0.2, 0.25) is 6.79 Å². The van der Waals surface area contributed by atoms with Gasteiger partial charge < -0.3 is 15.2 Å². The number of anilines is 2. The first kappa shape index (κ1) is 14.5. The lowest BCUT2D eigenvalue weighted by molar-refractivity contribution is -0.121. The van der Waals surface area contributed by atoms with Crippen LogP contribution in [-0.4, -0.2) is 27.9 Å². The molecule has 0 aromatic heterocycles. The summed E-state index contributed by atoms with van der Waals surface area (Å²) in [5, 5.41) is 0. The van der Waals surface area contributed by atoms with Crippen LogP contribution in [0.4, 0.5) is 24.5 Å². The second kappa shape index (κ2) is 4.90. The van der Waals surface area contributed by atoms with E-state index in [9.17, 15) is 21.6 Å². The molecule has 4 N–H and O–H groups in total.